The Labute approximate surface area is 126 Å². The fourth-order valence-electron chi connectivity index (χ4n) is 2.06. The first-order valence-corrected chi connectivity index (χ1v) is 7.48. The maximum Gasteiger partial charge on any atom is 0.197 e. The van der Waals surface area contributed by atoms with Crippen molar-refractivity contribution in [2.75, 3.05) is 5.32 Å². The lowest BCUT2D eigenvalue weighted by molar-refractivity contribution is 0.326. The highest BCUT2D eigenvalue weighted by Crippen LogP contribution is 2.19. The number of nitrogens with one attached hydrogen (secondary N) is 1. The first-order valence-electron chi connectivity index (χ1n) is 7.48. The predicted octanol–water partition coefficient (Wildman–Crippen LogP) is 3.96. The molecule has 21 heavy (non-hydrogen) atoms. The topological polar surface area (TPSA) is 55.9 Å². The summed E-state index contributed by atoms with van der Waals surface area (Å²) in [5, 5.41) is 7.82. The molecule has 2 aromatic heterocycles. The van der Waals surface area contributed by atoms with Crippen molar-refractivity contribution in [2.45, 2.75) is 60.5 Å². The van der Waals surface area contributed by atoms with Gasteiger partial charge in [0.1, 0.15) is 11.6 Å². The van der Waals surface area contributed by atoms with E-state index in [0.29, 0.717) is 12.5 Å². The van der Waals surface area contributed by atoms with Gasteiger partial charge in [-0.05, 0) is 12.3 Å². The number of aryl methyl sites for hydroxylation is 1. The zero-order valence-electron chi connectivity index (χ0n) is 13.9. The average molecular weight is 290 g/mol. The monoisotopic (exact) mass is 290 g/mol. The predicted molar refractivity (Wildman–Crippen MR) is 84.3 cm³/mol. The molecule has 0 aliphatic carbocycles. The number of anilines is 1. The lowest BCUT2D eigenvalue weighted by atomic mass is 9.97. The highest BCUT2D eigenvalue weighted by Gasteiger charge is 2.14. The van der Waals surface area contributed by atoms with E-state index in [9.17, 15) is 0 Å². The summed E-state index contributed by atoms with van der Waals surface area (Å²) < 4.78 is 7.74. The molecule has 0 atom stereocenters. The molecule has 0 aliphatic heterocycles. The van der Waals surface area contributed by atoms with Crippen LogP contribution in [-0.2, 0) is 13.1 Å². The molecule has 0 spiro atoms. The van der Waals surface area contributed by atoms with Gasteiger partial charge in [-0.25, -0.2) is 4.98 Å². The summed E-state index contributed by atoms with van der Waals surface area (Å²) in [6.07, 6.45) is 2.00. The molecule has 0 saturated carbocycles. The van der Waals surface area contributed by atoms with E-state index in [-0.39, 0.29) is 5.41 Å². The fourth-order valence-corrected chi connectivity index (χ4v) is 2.06. The first-order chi connectivity index (χ1) is 9.74. The second-order valence-corrected chi connectivity index (χ2v) is 7.03. The Morgan fingerprint density at radius 3 is 2.62 bits per heavy atom. The molecular weight excluding hydrogens is 264 g/mol. The Morgan fingerprint density at radius 2 is 2.05 bits per heavy atom. The normalized spacial score (nSPS) is 12.1. The Morgan fingerprint density at radius 1 is 1.33 bits per heavy atom. The Hall–Kier alpha value is -1.78. The number of nitrogens with zero attached hydrogens (tertiary/aromatic N) is 3. The van der Waals surface area contributed by atoms with Crippen molar-refractivity contribution in [3.63, 3.8) is 0 Å². The third kappa shape index (κ3) is 4.34. The highest BCUT2D eigenvalue weighted by molar-refractivity contribution is 5.33. The maximum absolute atomic E-state index is 5.78. The minimum absolute atomic E-state index is 0.219. The van der Waals surface area contributed by atoms with Crippen LogP contribution in [0.4, 0.5) is 5.82 Å². The van der Waals surface area contributed by atoms with E-state index >= 15 is 0 Å². The average Bonchev–Trinajstić information content (AvgIpc) is 2.91. The van der Waals surface area contributed by atoms with Crippen LogP contribution in [0.15, 0.2) is 16.7 Å². The van der Waals surface area contributed by atoms with Gasteiger partial charge in [-0.3, -0.25) is 4.68 Å². The molecule has 0 amide bonds. The lowest BCUT2D eigenvalue weighted by Gasteiger charge is -2.17. The van der Waals surface area contributed by atoms with Crippen molar-refractivity contribution < 1.29 is 4.42 Å². The van der Waals surface area contributed by atoms with E-state index in [1.807, 2.05) is 23.9 Å². The van der Waals surface area contributed by atoms with Crippen molar-refractivity contribution in [1.82, 2.24) is 14.8 Å². The van der Waals surface area contributed by atoms with Crippen molar-refractivity contribution in [1.29, 1.82) is 0 Å². The second kappa shape index (κ2) is 5.92. The molecule has 5 heteroatoms. The highest BCUT2D eigenvalue weighted by atomic mass is 16.4. The molecule has 0 saturated heterocycles. The number of oxazole rings is 1. The van der Waals surface area contributed by atoms with Crippen LogP contribution < -0.4 is 5.32 Å². The number of hydrogen-bond donors (Lipinski definition) is 1. The SMILES string of the molecule is Cc1nc(C(C)C)oc1CNc1ccn(CC(C)(C)C)n1. The fraction of sp³-hybridized carbons (Fsp3) is 0.625. The molecule has 2 aromatic rings. The third-order valence-electron chi connectivity index (χ3n) is 3.11. The second-order valence-electron chi connectivity index (χ2n) is 7.03. The molecule has 0 bridgehead atoms. The minimum Gasteiger partial charge on any atom is -0.443 e. The molecule has 0 aliphatic rings. The molecule has 1 N–H and O–H groups in total. The van der Waals surface area contributed by atoms with Gasteiger partial charge < -0.3 is 9.73 Å². The van der Waals surface area contributed by atoms with Gasteiger partial charge in [0.05, 0.1) is 12.2 Å². The van der Waals surface area contributed by atoms with Gasteiger partial charge in [-0.15, -0.1) is 0 Å². The summed E-state index contributed by atoms with van der Waals surface area (Å²) >= 11 is 0. The van der Waals surface area contributed by atoms with Crippen LogP contribution in [0.3, 0.4) is 0 Å². The zero-order chi connectivity index (χ0) is 15.6. The summed E-state index contributed by atoms with van der Waals surface area (Å²) in [5.41, 5.74) is 1.16. The quantitative estimate of drug-likeness (QED) is 0.905. The molecule has 5 nitrogen and oxygen atoms in total. The molecule has 0 aromatic carbocycles. The van der Waals surface area contributed by atoms with E-state index in [0.717, 1.165) is 29.7 Å². The van der Waals surface area contributed by atoms with Crippen molar-refractivity contribution >= 4 is 5.82 Å². The minimum atomic E-state index is 0.219. The Bertz CT molecular complexity index is 590. The molecule has 0 unspecified atom stereocenters. The van der Waals surface area contributed by atoms with Gasteiger partial charge in [-0.2, -0.15) is 5.10 Å². The standard InChI is InChI=1S/C16H26N4O/c1-11(2)15-18-12(3)13(21-15)9-17-14-7-8-20(19-14)10-16(4,5)6/h7-8,11H,9-10H2,1-6H3,(H,17,19). The van der Waals surface area contributed by atoms with E-state index in [4.69, 9.17) is 4.42 Å². The largest absolute Gasteiger partial charge is 0.443 e. The molecule has 0 radical (unpaired) electrons. The van der Waals surface area contributed by atoms with Gasteiger partial charge >= 0.3 is 0 Å². The molecule has 2 heterocycles. The third-order valence-corrected chi connectivity index (χ3v) is 3.11. The van der Waals surface area contributed by atoms with E-state index < -0.39 is 0 Å². The van der Waals surface area contributed by atoms with Crippen LogP contribution in [-0.4, -0.2) is 14.8 Å². The molecular formula is C16H26N4O. The van der Waals surface area contributed by atoms with Crippen molar-refractivity contribution in [3.8, 4) is 0 Å². The van der Waals surface area contributed by atoms with Crippen molar-refractivity contribution in [3.05, 3.63) is 29.6 Å². The van der Waals surface area contributed by atoms with Crippen LogP contribution in [0.1, 0.15) is 57.9 Å². The van der Waals surface area contributed by atoms with Crippen molar-refractivity contribution in [2.24, 2.45) is 5.41 Å². The summed E-state index contributed by atoms with van der Waals surface area (Å²) in [7, 11) is 0. The van der Waals surface area contributed by atoms with Gasteiger partial charge in [0.2, 0.25) is 0 Å². The van der Waals surface area contributed by atoms with Crippen LogP contribution in [0, 0.1) is 12.3 Å². The van der Waals surface area contributed by atoms with E-state index in [1.54, 1.807) is 0 Å². The number of aromatic nitrogens is 3. The summed E-state index contributed by atoms with van der Waals surface area (Å²) in [6.45, 7) is 14.2. The Balaban J connectivity index is 1.97. The first kappa shape index (κ1) is 15.6. The van der Waals surface area contributed by atoms with E-state index in [1.165, 1.54) is 0 Å². The summed E-state index contributed by atoms with van der Waals surface area (Å²) in [4.78, 5) is 4.44. The molecule has 116 valence electrons. The zero-order valence-corrected chi connectivity index (χ0v) is 13.9. The number of hydrogen-bond acceptors (Lipinski definition) is 4. The van der Waals surface area contributed by atoms with Crippen LogP contribution in [0.25, 0.3) is 0 Å². The van der Waals surface area contributed by atoms with Gasteiger partial charge in [0, 0.05) is 24.7 Å². The van der Waals surface area contributed by atoms with Crippen LogP contribution in [0.2, 0.25) is 0 Å². The molecule has 0 fully saturated rings. The summed E-state index contributed by atoms with van der Waals surface area (Å²) in [6, 6.07) is 1.99. The molecule has 2 rings (SSSR count). The Kier molecular flexibility index (Phi) is 4.40. The smallest absolute Gasteiger partial charge is 0.197 e. The number of rotatable bonds is 5. The maximum atomic E-state index is 5.78. The summed E-state index contributed by atoms with van der Waals surface area (Å²) in [5.74, 6) is 2.84. The van der Waals surface area contributed by atoms with Gasteiger partial charge in [0.25, 0.3) is 0 Å². The van der Waals surface area contributed by atoms with Gasteiger partial charge in [-0.1, -0.05) is 34.6 Å². The lowest BCUT2D eigenvalue weighted by Crippen LogP contribution is -2.16. The van der Waals surface area contributed by atoms with E-state index in [2.05, 4.69) is 50.0 Å². The van der Waals surface area contributed by atoms with Crippen LogP contribution >= 0.6 is 0 Å². The van der Waals surface area contributed by atoms with Crippen LogP contribution in [0.5, 0.6) is 0 Å². The van der Waals surface area contributed by atoms with Gasteiger partial charge in [0.15, 0.2) is 5.89 Å².